The summed E-state index contributed by atoms with van der Waals surface area (Å²) in [6.45, 7) is 0.347. The molecule has 0 saturated carbocycles. The van der Waals surface area contributed by atoms with Crippen LogP contribution in [0.3, 0.4) is 0 Å². The van der Waals surface area contributed by atoms with E-state index in [0.717, 1.165) is 15.6 Å². The molecule has 1 heterocycles. The fraction of sp³-hybridized carbons (Fsp3) is 0.0588. The van der Waals surface area contributed by atoms with E-state index in [1.54, 1.807) is 12.1 Å². The van der Waals surface area contributed by atoms with Gasteiger partial charge >= 0.3 is 0 Å². The summed E-state index contributed by atoms with van der Waals surface area (Å²) >= 11 is 14.9. The first-order chi connectivity index (χ1) is 11.0. The maximum atomic E-state index is 12.6. The molecule has 0 spiro atoms. The van der Waals surface area contributed by atoms with Gasteiger partial charge in [0.05, 0.1) is 6.54 Å². The fourth-order valence-electron chi connectivity index (χ4n) is 2.28. The summed E-state index contributed by atoms with van der Waals surface area (Å²) in [4.78, 5) is 14.1. The Morgan fingerprint density at radius 1 is 1.22 bits per heavy atom. The largest absolute Gasteiger partial charge is 0.328 e. The summed E-state index contributed by atoms with van der Waals surface area (Å²) in [6.07, 6.45) is 1.78. The maximum Gasteiger partial charge on any atom is 0.276 e. The maximum absolute atomic E-state index is 12.6. The third-order valence-corrected chi connectivity index (χ3v) is 4.59. The predicted molar refractivity (Wildman–Crippen MR) is 99.9 cm³/mol. The minimum Gasteiger partial charge on any atom is -0.328 e. The van der Waals surface area contributed by atoms with Crippen LogP contribution < -0.4 is 5.32 Å². The average Bonchev–Trinajstić information content (AvgIpc) is 2.77. The molecule has 1 fully saturated rings. The van der Waals surface area contributed by atoms with Crippen LogP contribution >= 0.6 is 39.7 Å². The van der Waals surface area contributed by atoms with Gasteiger partial charge in [0.15, 0.2) is 5.11 Å². The molecule has 0 atom stereocenters. The van der Waals surface area contributed by atoms with Crippen molar-refractivity contribution < 1.29 is 4.79 Å². The van der Waals surface area contributed by atoms with E-state index in [-0.39, 0.29) is 5.91 Å². The predicted octanol–water partition coefficient (Wildman–Crippen LogP) is 4.36. The number of nitrogens with zero attached hydrogens (tertiary/aromatic N) is 1. The molecule has 0 aliphatic carbocycles. The Morgan fingerprint density at radius 2 is 2.00 bits per heavy atom. The molecule has 116 valence electrons. The number of halogens is 2. The van der Waals surface area contributed by atoms with Crippen LogP contribution in [0.4, 0.5) is 0 Å². The van der Waals surface area contributed by atoms with Gasteiger partial charge in [0, 0.05) is 9.50 Å². The summed E-state index contributed by atoms with van der Waals surface area (Å²) in [7, 11) is 0. The molecule has 0 aromatic heterocycles. The van der Waals surface area contributed by atoms with E-state index in [9.17, 15) is 4.79 Å². The molecule has 1 aliphatic heterocycles. The zero-order valence-corrected chi connectivity index (χ0v) is 15.1. The minimum atomic E-state index is -0.158. The molecule has 0 radical (unpaired) electrons. The summed E-state index contributed by atoms with van der Waals surface area (Å²) in [6, 6.07) is 15.1. The molecule has 6 heteroatoms. The lowest BCUT2D eigenvalue weighted by atomic mass is 10.2. The van der Waals surface area contributed by atoms with E-state index < -0.39 is 0 Å². The lowest BCUT2D eigenvalue weighted by Gasteiger charge is -2.14. The summed E-state index contributed by atoms with van der Waals surface area (Å²) in [5.74, 6) is -0.158. The highest BCUT2D eigenvalue weighted by atomic mass is 79.9. The summed E-state index contributed by atoms with van der Waals surface area (Å²) in [5.41, 5.74) is 2.23. The first-order valence-corrected chi connectivity index (χ1v) is 8.46. The van der Waals surface area contributed by atoms with Crippen molar-refractivity contribution in [3.8, 4) is 0 Å². The highest BCUT2D eigenvalue weighted by molar-refractivity contribution is 9.10. The van der Waals surface area contributed by atoms with Crippen molar-refractivity contribution in [3.05, 3.63) is 74.9 Å². The van der Waals surface area contributed by atoms with Gasteiger partial charge in [-0.3, -0.25) is 9.69 Å². The van der Waals surface area contributed by atoms with Crippen LogP contribution in [-0.4, -0.2) is 15.9 Å². The first kappa shape index (κ1) is 16.2. The number of hydrogen-bond acceptors (Lipinski definition) is 2. The Balaban J connectivity index is 1.84. The lowest BCUT2D eigenvalue weighted by molar-refractivity contribution is -0.122. The molecule has 3 rings (SSSR count). The molecule has 3 nitrogen and oxygen atoms in total. The molecule has 2 aromatic rings. The Morgan fingerprint density at radius 3 is 2.74 bits per heavy atom. The smallest absolute Gasteiger partial charge is 0.276 e. The highest BCUT2D eigenvalue weighted by Crippen LogP contribution is 2.22. The monoisotopic (exact) mass is 406 g/mol. The Labute approximate surface area is 153 Å². The van der Waals surface area contributed by atoms with Gasteiger partial charge < -0.3 is 5.32 Å². The van der Waals surface area contributed by atoms with Crippen molar-refractivity contribution in [2.45, 2.75) is 6.54 Å². The van der Waals surface area contributed by atoms with Crippen LogP contribution in [0.2, 0.25) is 5.02 Å². The highest BCUT2D eigenvalue weighted by Gasteiger charge is 2.30. The number of carbonyl (C=O) groups excluding carboxylic acids is 1. The van der Waals surface area contributed by atoms with E-state index in [1.165, 1.54) is 4.90 Å². The normalized spacial score (nSPS) is 16.1. The second-order valence-corrected chi connectivity index (χ2v) is 6.74. The first-order valence-electron chi connectivity index (χ1n) is 6.88. The fourth-order valence-corrected chi connectivity index (χ4v) is 3.15. The van der Waals surface area contributed by atoms with Crippen molar-refractivity contribution in [1.29, 1.82) is 0 Å². The molecule has 23 heavy (non-hydrogen) atoms. The van der Waals surface area contributed by atoms with Crippen LogP contribution in [-0.2, 0) is 11.3 Å². The number of benzene rings is 2. The van der Waals surface area contributed by atoms with E-state index in [1.807, 2.05) is 42.5 Å². The van der Waals surface area contributed by atoms with E-state index in [2.05, 4.69) is 21.2 Å². The lowest BCUT2D eigenvalue weighted by Crippen LogP contribution is -2.30. The van der Waals surface area contributed by atoms with Crippen LogP contribution in [0.25, 0.3) is 6.08 Å². The number of rotatable bonds is 3. The molecule has 1 saturated heterocycles. The van der Waals surface area contributed by atoms with Crippen LogP contribution in [0.1, 0.15) is 11.1 Å². The zero-order valence-electron chi connectivity index (χ0n) is 11.9. The van der Waals surface area contributed by atoms with Gasteiger partial charge in [-0.1, -0.05) is 57.9 Å². The average molecular weight is 408 g/mol. The Kier molecular flexibility index (Phi) is 4.80. The molecule has 0 unspecified atom stereocenters. The van der Waals surface area contributed by atoms with E-state index in [0.29, 0.717) is 22.4 Å². The van der Waals surface area contributed by atoms with Crippen LogP contribution in [0.15, 0.2) is 58.7 Å². The Bertz CT molecular complexity index is 822. The summed E-state index contributed by atoms with van der Waals surface area (Å²) in [5, 5.41) is 3.98. The van der Waals surface area contributed by atoms with Crippen molar-refractivity contribution in [2.75, 3.05) is 0 Å². The van der Waals surface area contributed by atoms with E-state index >= 15 is 0 Å². The van der Waals surface area contributed by atoms with Crippen LogP contribution in [0.5, 0.6) is 0 Å². The SMILES string of the molecule is O=C1C(=Cc2cccc(Br)c2)NC(=S)N1Cc1ccccc1Cl. The minimum absolute atomic E-state index is 0.158. The molecular weight excluding hydrogens is 396 g/mol. The Hall–Kier alpha value is -1.69. The van der Waals surface area contributed by atoms with Gasteiger partial charge in [0.25, 0.3) is 5.91 Å². The van der Waals surface area contributed by atoms with Crippen molar-refractivity contribution in [3.63, 3.8) is 0 Å². The molecule has 0 bridgehead atoms. The number of amides is 1. The van der Waals surface area contributed by atoms with Crippen molar-refractivity contribution >= 4 is 56.8 Å². The van der Waals surface area contributed by atoms with E-state index in [4.69, 9.17) is 23.8 Å². The standard InChI is InChI=1S/C17H12BrClN2OS/c18-13-6-3-4-11(8-13)9-15-16(22)21(17(23)20-15)10-12-5-1-2-7-14(12)19/h1-9H,10H2,(H,20,23). The number of thiocarbonyl (C=S) groups is 1. The zero-order chi connectivity index (χ0) is 16.4. The molecule has 1 aliphatic rings. The van der Waals surface area contributed by atoms with Gasteiger partial charge in [0.1, 0.15) is 5.70 Å². The third kappa shape index (κ3) is 3.63. The number of nitrogens with one attached hydrogen (secondary N) is 1. The number of hydrogen-bond donors (Lipinski definition) is 1. The quantitative estimate of drug-likeness (QED) is 0.606. The van der Waals surface area contributed by atoms with Gasteiger partial charge in [-0.15, -0.1) is 0 Å². The summed E-state index contributed by atoms with van der Waals surface area (Å²) < 4.78 is 0.952. The molecule has 2 aromatic carbocycles. The van der Waals surface area contributed by atoms with Gasteiger partial charge in [-0.25, -0.2) is 0 Å². The topological polar surface area (TPSA) is 32.3 Å². The van der Waals surface area contributed by atoms with Gasteiger partial charge in [-0.05, 0) is 47.6 Å². The van der Waals surface area contributed by atoms with Gasteiger partial charge in [0.2, 0.25) is 0 Å². The second kappa shape index (κ2) is 6.83. The van der Waals surface area contributed by atoms with Crippen LogP contribution in [0, 0.1) is 0 Å². The van der Waals surface area contributed by atoms with Gasteiger partial charge in [-0.2, -0.15) is 0 Å². The van der Waals surface area contributed by atoms with Crippen molar-refractivity contribution in [1.82, 2.24) is 10.2 Å². The van der Waals surface area contributed by atoms with Crippen molar-refractivity contribution in [2.24, 2.45) is 0 Å². The second-order valence-electron chi connectivity index (χ2n) is 5.03. The number of carbonyl (C=O) groups is 1. The molecule has 1 amide bonds. The molecule has 1 N–H and O–H groups in total. The molecular formula is C17H12BrClN2OS. The third-order valence-electron chi connectivity index (χ3n) is 3.41.